The van der Waals surface area contributed by atoms with Crippen molar-refractivity contribution in [3.05, 3.63) is 69.7 Å². The van der Waals surface area contributed by atoms with Gasteiger partial charge in [-0.05, 0) is 24.6 Å². The molecule has 0 aliphatic heterocycles. The van der Waals surface area contributed by atoms with E-state index in [0.29, 0.717) is 21.2 Å². The molecule has 6 heteroatoms. The molecule has 0 heterocycles. The van der Waals surface area contributed by atoms with Crippen LogP contribution in [-0.2, 0) is 9.53 Å². The standard InChI is InChI=1S/C20H17Cl2NO3/c1-2-26-20(25)17(12-23)16(15-9-8-14(21)10-18(15)22)11-19(24)13-6-4-3-5-7-13/h3-10,16-17H,2,11H2,1H3. The van der Waals surface area contributed by atoms with Crippen LogP contribution in [0.2, 0.25) is 10.0 Å². The van der Waals surface area contributed by atoms with Crippen LogP contribution in [0.5, 0.6) is 0 Å². The van der Waals surface area contributed by atoms with Crippen LogP contribution in [0.1, 0.15) is 35.2 Å². The van der Waals surface area contributed by atoms with E-state index in [2.05, 4.69) is 0 Å². The summed E-state index contributed by atoms with van der Waals surface area (Å²) >= 11 is 12.2. The maximum absolute atomic E-state index is 12.7. The van der Waals surface area contributed by atoms with Crippen molar-refractivity contribution in [2.24, 2.45) is 5.92 Å². The molecule has 2 unspecified atom stereocenters. The number of hydrogen-bond acceptors (Lipinski definition) is 4. The lowest BCUT2D eigenvalue weighted by Gasteiger charge is -2.22. The smallest absolute Gasteiger partial charge is 0.323 e. The maximum atomic E-state index is 12.7. The number of Topliss-reactive ketones (excluding diaryl/α,β-unsaturated/α-hetero) is 1. The number of ether oxygens (including phenoxy) is 1. The van der Waals surface area contributed by atoms with Gasteiger partial charge in [-0.2, -0.15) is 5.26 Å². The molecule has 2 aromatic carbocycles. The van der Waals surface area contributed by atoms with Crippen LogP contribution in [0.4, 0.5) is 0 Å². The zero-order valence-corrected chi connectivity index (χ0v) is 15.6. The third-order valence-electron chi connectivity index (χ3n) is 3.95. The molecular weight excluding hydrogens is 373 g/mol. The van der Waals surface area contributed by atoms with E-state index in [1.165, 1.54) is 6.07 Å². The first-order valence-electron chi connectivity index (χ1n) is 8.07. The van der Waals surface area contributed by atoms with Crippen LogP contribution in [0, 0.1) is 17.2 Å². The van der Waals surface area contributed by atoms with E-state index in [4.69, 9.17) is 27.9 Å². The number of benzene rings is 2. The normalized spacial score (nSPS) is 12.7. The molecule has 2 rings (SSSR count). The van der Waals surface area contributed by atoms with Gasteiger partial charge < -0.3 is 4.74 Å². The Bertz CT molecular complexity index is 831. The molecule has 26 heavy (non-hydrogen) atoms. The SMILES string of the molecule is CCOC(=O)C(C#N)C(CC(=O)c1ccccc1)c1ccc(Cl)cc1Cl. The fraction of sp³-hybridized carbons (Fsp3) is 0.250. The van der Waals surface area contributed by atoms with Gasteiger partial charge in [-0.3, -0.25) is 9.59 Å². The van der Waals surface area contributed by atoms with Crippen LogP contribution in [0.3, 0.4) is 0 Å². The van der Waals surface area contributed by atoms with E-state index in [-0.39, 0.29) is 18.8 Å². The summed E-state index contributed by atoms with van der Waals surface area (Å²) in [5.74, 6) is -2.75. The van der Waals surface area contributed by atoms with Gasteiger partial charge in [-0.15, -0.1) is 0 Å². The van der Waals surface area contributed by atoms with Crippen LogP contribution < -0.4 is 0 Å². The first-order valence-corrected chi connectivity index (χ1v) is 8.83. The van der Waals surface area contributed by atoms with Gasteiger partial charge in [-0.25, -0.2) is 0 Å². The maximum Gasteiger partial charge on any atom is 0.323 e. The Labute approximate surface area is 162 Å². The first-order chi connectivity index (χ1) is 12.5. The second kappa shape index (κ2) is 9.38. The molecule has 2 aromatic rings. The van der Waals surface area contributed by atoms with Gasteiger partial charge in [-0.1, -0.05) is 59.6 Å². The van der Waals surface area contributed by atoms with Gasteiger partial charge >= 0.3 is 5.97 Å². The third kappa shape index (κ3) is 4.85. The van der Waals surface area contributed by atoms with E-state index in [1.807, 2.05) is 6.07 Å². The number of ketones is 1. The molecule has 0 saturated carbocycles. The number of carbonyl (C=O) groups excluding carboxylic acids is 2. The van der Waals surface area contributed by atoms with Gasteiger partial charge in [0.25, 0.3) is 0 Å². The predicted molar refractivity (Wildman–Crippen MR) is 100 cm³/mol. The van der Waals surface area contributed by atoms with Crippen molar-refractivity contribution < 1.29 is 14.3 Å². The quantitative estimate of drug-likeness (QED) is 0.490. The molecule has 0 saturated heterocycles. The Morgan fingerprint density at radius 2 is 1.85 bits per heavy atom. The van der Waals surface area contributed by atoms with Crippen molar-refractivity contribution in [2.45, 2.75) is 19.3 Å². The van der Waals surface area contributed by atoms with Gasteiger partial charge in [0.2, 0.25) is 0 Å². The number of hydrogen-bond donors (Lipinski definition) is 0. The Kier molecular flexibility index (Phi) is 7.20. The van der Waals surface area contributed by atoms with E-state index in [1.54, 1.807) is 49.4 Å². The largest absolute Gasteiger partial charge is 0.465 e. The van der Waals surface area contributed by atoms with E-state index < -0.39 is 17.8 Å². The lowest BCUT2D eigenvalue weighted by molar-refractivity contribution is -0.146. The first kappa shape index (κ1) is 20.0. The molecule has 0 radical (unpaired) electrons. The van der Waals surface area contributed by atoms with Crippen molar-refractivity contribution >= 4 is 35.0 Å². The highest BCUT2D eigenvalue weighted by Gasteiger charge is 2.34. The Hall–Kier alpha value is -2.35. The fourth-order valence-corrected chi connectivity index (χ4v) is 3.24. The van der Waals surface area contributed by atoms with Crippen LogP contribution in [-0.4, -0.2) is 18.4 Å². The summed E-state index contributed by atoms with van der Waals surface area (Å²) in [7, 11) is 0. The van der Waals surface area contributed by atoms with Crippen molar-refractivity contribution in [3.63, 3.8) is 0 Å². The average Bonchev–Trinajstić information content (AvgIpc) is 2.62. The van der Waals surface area contributed by atoms with Crippen molar-refractivity contribution in [3.8, 4) is 6.07 Å². The van der Waals surface area contributed by atoms with Crippen molar-refractivity contribution in [1.82, 2.24) is 0 Å². The number of halogens is 2. The van der Waals surface area contributed by atoms with Gasteiger partial charge in [0, 0.05) is 27.9 Å². The second-order valence-electron chi connectivity index (χ2n) is 5.62. The van der Waals surface area contributed by atoms with Crippen molar-refractivity contribution in [1.29, 1.82) is 5.26 Å². The predicted octanol–water partition coefficient (Wildman–Crippen LogP) is 5.05. The zero-order valence-electron chi connectivity index (χ0n) is 14.1. The molecule has 0 bridgehead atoms. The minimum absolute atomic E-state index is 0.0532. The molecule has 2 atom stereocenters. The molecule has 4 nitrogen and oxygen atoms in total. The fourth-order valence-electron chi connectivity index (χ4n) is 2.69. The van der Waals surface area contributed by atoms with E-state index >= 15 is 0 Å². The molecule has 0 N–H and O–H groups in total. The van der Waals surface area contributed by atoms with E-state index in [0.717, 1.165) is 0 Å². The highest BCUT2D eigenvalue weighted by atomic mass is 35.5. The molecule has 0 amide bonds. The lowest BCUT2D eigenvalue weighted by atomic mass is 9.82. The van der Waals surface area contributed by atoms with Gasteiger partial charge in [0.1, 0.15) is 0 Å². The van der Waals surface area contributed by atoms with Crippen molar-refractivity contribution in [2.75, 3.05) is 6.61 Å². The summed E-state index contributed by atoms with van der Waals surface area (Å²) in [5, 5.41) is 10.3. The minimum Gasteiger partial charge on any atom is -0.465 e. The summed E-state index contributed by atoms with van der Waals surface area (Å²) in [6, 6.07) is 15.4. The average molecular weight is 390 g/mol. The summed E-state index contributed by atoms with van der Waals surface area (Å²) in [6.07, 6.45) is -0.0532. The monoisotopic (exact) mass is 389 g/mol. The molecule has 0 fully saturated rings. The number of nitrogens with zero attached hydrogens (tertiary/aromatic N) is 1. The Balaban J connectivity index is 2.42. The van der Waals surface area contributed by atoms with E-state index in [9.17, 15) is 14.9 Å². The summed E-state index contributed by atoms with van der Waals surface area (Å²) in [6.45, 7) is 1.80. The molecule has 0 aromatic heterocycles. The summed E-state index contributed by atoms with van der Waals surface area (Å²) < 4.78 is 5.01. The topological polar surface area (TPSA) is 67.2 Å². The van der Waals surface area contributed by atoms with Crippen LogP contribution in [0.25, 0.3) is 0 Å². The second-order valence-corrected chi connectivity index (χ2v) is 6.47. The Morgan fingerprint density at radius 3 is 2.42 bits per heavy atom. The number of carbonyl (C=O) groups is 2. The number of nitriles is 1. The molecule has 0 aliphatic rings. The molecule has 0 aliphatic carbocycles. The van der Waals surface area contributed by atoms with Crippen LogP contribution >= 0.6 is 23.2 Å². The summed E-state index contributed by atoms with van der Waals surface area (Å²) in [4.78, 5) is 24.9. The molecular formula is C20H17Cl2NO3. The number of rotatable bonds is 7. The van der Waals surface area contributed by atoms with Gasteiger partial charge in [0.15, 0.2) is 11.7 Å². The molecule has 134 valence electrons. The number of esters is 1. The third-order valence-corrected chi connectivity index (χ3v) is 4.51. The Morgan fingerprint density at radius 1 is 1.15 bits per heavy atom. The minimum atomic E-state index is -1.15. The zero-order chi connectivity index (χ0) is 19.1. The molecule has 0 spiro atoms. The summed E-state index contributed by atoms with van der Waals surface area (Å²) in [5.41, 5.74) is 1.02. The highest BCUT2D eigenvalue weighted by molar-refractivity contribution is 6.35. The van der Waals surface area contributed by atoms with Crippen LogP contribution in [0.15, 0.2) is 48.5 Å². The lowest BCUT2D eigenvalue weighted by Crippen LogP contribution is -2.25. The van der Waals surface area contributed by atoms with Gasteiger partial charge in [0.05, 0.1) is 12.7 Å². The highest BCUT2D eigenvalue weighted by Crippen LogP contribution is 2.36.